The standard InChI is InChI=1S/C28H20N2O4S/c31-25-18-10-4-6-12-23(18)35-24-14-22-20(13-19(24)25)29-26(34-22)17-9-3-5-11-21(17)30-27(32)15-7-1-2-8-16(15)28(30)33/h1-2,4,6-8,10,12-14,17,21H,3,5,9,11H2/t17?,21-/m0/s1. The molecule has 5 aromatic rings. The number of carbonyl (C=O) groups is 2. The van der Waals surface area contributed by atoms with E-state index in [0.29, 0.717) is 38.9 Å². The molecule has 0 saturated heterocycles. The lowest BCUT2D eigenvalue weighted by Crippen LogP contribution is -2.45. The topological polar surface area (TPSA) is 80.5 Å². The summed E-state index contributed by atoms with van der Waals surface area (Å²) in [6.07, 6.45) is 3.41. The maximum Gasteiger partial charge on any atom is 0.261 e. The molecule has 3 heterocycles. The van der Waals surface area contributed by atoms with Gasteiger partial charge in [-0.2, -0.15) is 0 Å². The molecule has 0 radical (unpaired) electrons. The maximum absolute atomic E-state index is 13.2. The van der Waals surface area contributed by atoms with Crippen molar-refractivity contribution in [1.82, 2.24) is 9.88 Å². The second-order valence-corrected chi connectivity index (χ2v) is 10.4. The molecular weight excluding hydrogens is 460 g/mol. The van der Waals surface area contributed by atoms with E-state index in [0.717, 1.165) is 35.1 Å². The average Bonchev–Trinajstić information content (AvgIpc) is 3.41. The fourth-order valence-corrected chi connectivity index (χ4v) is 6.70. The van der Waals surface area contributed by atoms with Gasteiger partial charge in [0, 0.05) is 26.2 Å². The van der Waals surface area contributed by atoms with Gasteiger partial charge in [-0.1, -0.05) is 37.1 Å². The van der Waals surface area contributed by atoms with Gasteiger partial charge >= 0.3 is 0 Å². The van der Waals surface area contributed by atoms with Crippen molar-refractivity contribution in [2.24, 2.45) is 0 Å². The van der Waals surface area contributed by atoms with E-state index in [9.17, 15) is 14.4 Å². The van der Waals surface area contributed by atoms with Crippen LogP contribution in [0.4, 0.5) is 0 Å². The number of carbonyl (C=O) groups excluding carboxylic acids is 2. The molecule has 3 aromatic carbocycles. The summed E-state index contributed by atoms with van der Waals surface area (Å²) in [5, 5.41) is 1.33. The molecule has 0 bridgehead atoms. The number of fused-ring (bicyclic) bond motifs is 4. The molecule has 172 valence electrons. The molecule has 1 aliphatic heterocycles. The first-order valence-electron chi connectivity index (χ1n) is 11.8. The number of aromatic nitrogens is 1. The summed E-state index contributed by atoms with van der Waals surface area (Å²) in [5.74, 6) is -0.141. The summed E-state index contributed by atoms with van der Waals surface area (Å²) in [6.45, 7) is 0. The van der Waals surface area contributed by atoms with Crippen molar-refractivity contribution in [2.45, 2.75) is 37.6 Å². The summed E-state index contributed by atoms with van der Waals surface area (Å²) in [5.41, 5.74) is 2.15. The van der Waals surface area contributed by atoms with Crippen molar-refractivity contribution in [3.8, 4) is 0 Å². The van der Waals surface area contributed by atoms with Gasteiger partial charge in [-0.3, -0.25) is 19.3 Å². The highest BCUT2D eigenvalue weighted by Gasteiger charge is 2.45. The zero-order valence-corrected chi connectivity index (χ0v) is 19.5. The summed E-state index contributed by atoms with van der Waals surface area (Å²) < 4.78 is 8.03. The van der Waals surface area contributed by atoms with Crippen molar-refractivity contribution in [3.05, 3.63) is 87.9 Å². The van der Waals surface area contributed by atoms with E-state index >= 15 is 0 Å². The Morgan fingerprint density at radius 3 is 2.34 bits per heavy atom. The largest absolute Gasteiger partial charge is 0.440 e. The second kappa shape index (κ2) is 7.58. The number of amides is 2. The van der Waals surface area contributed by atoms with Crippen molar-refractivity contribution < 1.29 is 14.0 Å². The first-order valence-corrected chi connectivity index (χ1v) is 12.6. The van der Waals surface area contributed by atoms with Crippen LogP contribution in [0.5, 0.6) is 0 Å². The quantitative estimate of drug-likeness (QED) is 0.233. The molecule has 0 spiro atoms. The Morgan fingerprint density at radius 1 is 0.829 bits per heavy atom. The number of hydrogen-bond acceptors (Lipinski definition) is 6. The smallest absolute Gasteiger partial charge is 0.261 e. The van der Waals surface area contributed by atoms with E-state index in [1.165, 1.54) is 4.90 Å². The lowest BCUT2D eigenvalue weighted by Gasteiger charge is -2.35. The average molecular weight is 481 g/mol. The molecule has 1 fully saturated rings. The normalized spacial score (nSPS) is 20.3. The predicted molar refractivity (Wildman–Crippen MR) is 135 cm³/mol. The molecule has 1 aliphatic carbocycles. The van der Waals surface area contributed by atoms with Gasteiger partial charge in [0.25, 0.3) is 11.8 Å². The van der Waals surface area contributed by atoms with Crippen LogP contribution in [0.15, 0.2) is 69.9 Å². The Hall–Kier alpha value is -3.84. The molecule has 2 atom stereocenters. The summed E-state index contributed by atoms with van der Waals surface area (Å²) in [4.78, 5) is 45.7. The minimum absolute atomic E-state index is 0.0117. The van der Waals surface area contributed by atoms with Gasteiger partial charge in [-0.15, -0.1) is 11.3 Å². The number of benzene rings is 3. The predicted octanol–water partition coefficient (Wildman–Crippen LogP) is 5.88. The molecule has 2 amide bonds. The van der Waals surface area contributed by atoms with Crippen molar-refractivity contribution >= 4 is 54.4 Å². The monoisotopic (exact) mass is 480 g/mol. The van der Waals surface area contributed by atoms with Crippen LogP contribution in [0, 0.1) is 0 Å². The molecule has 2 aliphatic rings. The van der Waals surface area contributed by atoms with Crippen LogP contribution in [0.3, 0.4) is 0 Å². The van der Waals surface area contributed by atoms with Gasteiger partial charge in [0.15, 0.2) is 11.0 Å². The second-order valence-electron chi connectivity index (χ2n) is 9.28. The van der Waals surface area contributed by atoms with Gasteiger partial charge < -0.3 is 4.42 Å². The summed E-state index contributed by atoms with van der Waals surface area (Å²) in [7, 11) is 0. The minimum atomic E-state index is -0.306. The molecule has 6 nitrogen and oxygen atoms in total. The van der Waals surface area contributed by atoms with Crippen molar-refractivity contribution in [3.63, 3.8) is 0 Å². The number of hydrogen-bond donors (Lipinski definition) is 0. The third-order valence-corrected chi connectivity index (χ3v) is 8.44. The Bertz CT molecular complexity index is 1720. The van der Waals surface area contributed by atoms with E-state index in [4.69, 9.17) is 9.40 Å². The Balaban J connectivity index is 1.33. The van der Waals surface area contributed by atoms with Crippen LogP contribution in [0.2, 0.25) is 0 Å². The van der Waals surface area contributed by atoms with Crippen LogP contribution in [-0.4, -0.2) is 27.7 Å². The fraction of sp³-hybridized carbons (Fsp3) is 0.214. The molecule has 1 saturated carbocycles. The van der Waals surface area contributed by atoms with E-state index in [2.05, 4.69) is 0 Å². The number of nitrogens with zero attached hydrogens (tertiary/aromatic N) is 2. The first-order chi connectivity index (χ1) is 17.1. The van der Waals surface area contributed by atoms with Gasteiger partial charge in [-0.25, -0.2) is 4.98 Å². The fourth-order valence-electron chi connectivity index (χ4n) is 5.62. The Kier molecular flexibility index (Phi) is 4.45. The van der Waals surface area contributed by atoms with Crippen LogP contribution < -0.4 is 5.43 Å². The van der Waals surface area contributed by atoms with Gasteiger partial charge in [-0.05, 0) is 43.2 Å². The Morgan fingerprint density at radius 2 is 1.54 bits per heavy atom. The van der Waals surface area contributed by atoms with E-state index in [1.54, 1.807) is 35.6 Å². The maximum atomic E-state index is 13.2. The molecular formula is C28H20N2O4S. The van der Waals surface area contributed by atoms with Gasteiger partial charge in [0.1, 0.15) is 5.52 Å². The highest BCUT2D eigenvalue weighted by molar-refractivity contribution is 7.24. The number of rotatable bonds is 2. The minimum Gasteiger partial charge on any atom is -0.440 e. The van der Waals surface area contributed by atoms with E-state index < -0.39 is 0 Å². The zero-order chi connectivity index (χ0) is 23.7. The number of oxazole rings is 1. The van der Waals surface area contributed by atoms with Crippen molar-refractivity contribution in [2.75, 3.05) is 0 Å². The van der Waals surface area contributed by atoms with Gasteiger partial charge in [0.2, 0.25) is 5.89 Å². The molecule has 35 heavy (non-hydrogen) atoms. The third-order valence-electron chi connectivity index (χ3n) is 7.31. The molecule has 7 heteroatoms. The van der Waals surface area contributed by atoms with Crippen LogP contribution in [0.1, 0.15) is 58.2 Å². The SMILES string of the molecule is O=C1c2ccccc2C(=O)N1[C@H]1CCCCC1c1nc2cc3c(=O)c4ccccc4sc3cc2o1. The third kappa shape index (κ3) is 3.01. The highest BCUT2D eigenvalue weighted by Crippen LogP contribution is 2.40. The molecule has 0 N–H and O–H groups in total. The molecule has 7 rings (SSSR count). The molecule has 1 unspecified atom stereocenters. The summed E-state index contributed by atoms with van der Waals surface area (Å²) >= 11 is 1.55. The van der Waals surface area contributed by atoms with E-state index in [1.807, 2.05) is 36.4 Å². The first kappa shape index (κ1) is 20.5. The van der Waals surface area contributed by atoms with Crippen LogP contribution in [-0.2, 0) is 0 Å². The Labute approximate surface area is 203 Å². The van der Waals surface area contributed by atoms with Gasteiger partial charge in [0.05, 0.1) is 23.1 Å². The number of imide groups is 1. The van der Waals surface area contributed by atoms with Crippen LogP contribution >= 0.6 is 11.3 Å². The molecule has 2 aromatic heterocycles. The lowest BCUT2D eigenvalue weighted by molar-refractivity contribution is 0.0511. The van der Waals surface area contributed by atoms with Crippen LogP contribution in [0.25, 0.3) is 31.3 Å². The lowest BCUT2D eigenvalue weighted by atomic mass is 9.83. The zero-order valence-electron chi connectivity index (χ0n) is 18.7. The summed E-state index contributed by atoms with van der Waals surface area (Å²) in [6, 6.07) is 18.0. The van der Waals surface area contributed by atoms with E-state index in [-0.39, 0.29) is 29.2 Å². The van der Waals surface area contributed by atoms with Crippen molar-refractivity contribution in [1.29, 1.82) is 0 Å². The highest BCUT2D eigenvalue weighted by atomic mass is 32.1.